The van der Waals surface area contributed by atoms with Crippen LogP contribution < -0.4 is 0 Å². The van der Waals surface area contributed by atoms with E-state index >= 15 is 0 Å². The number of amides is 1. The smallest absolute Gasteiger partial charge is 0.265 e. The Hall–Kier alpha value is -3.60. The highest BCUT2D eigenvalue weighted by Crippen LogP contribution is 2.41. The summed E-state index contributed by atoms with van der Waals surface area (Å²) in [6.07, 6.45) is 1.82. The molecular weight excluding hydrogens is 522 g/mol. The summed E-state index contributed by atoms with van der Waals surface area (Å²) >= 11 is 0. The molecule has 1 atom stereocenters. The second-order valence-electron chi connectivity index (χ2n) is 10.7. The van der Waals surface area contributed by atoms with Crippen LogP contribution in [0.5, 0.6) is 0 Å². The van der Waals surface area contributed by atoms with Crippen molar-refractivity contribution in [3.05, 3.63) is 53.7 Å². The van der Waals surface area contributed by atoms with Crippen molar-refractivity contribution in [1.82, 2.24) is 29.2 Å². The summed E-state index contributed by atoms with van der Waals surface area (Å²) < 4.78 is 44.8. The number of carbonyl (C=O) groups is 1. The first-order chi connectivity index (χ1) is 18.5. The number of likely N-dealkylation sites (N-methyl/N-ethyl adjacent to an activating group) is 1. The van der Waals surface area contributed by atoms with Crippen molar-refractivity contribution >= 4 is 32.2 Å². The van der Waals surface area contributed by atoms with Crippen molar-refractivity contribution in [3.8, 4) is 22.5 Å². The van der Waals surface area contributed by atoms with Crippen LogP contribution in [-0.4, -0.2) is 63.8 Å². The third-order valence-corrected chi connectivity index (χ3v) is 9.90. The van der Waals surface area contributed by atoms with E-state index in [0.717, 1.165) is 11.5 Å². The van der Waals surface area contributed by atoms with E-state index in [0.29, 0.717) is 58.6 Å². The summed E-state index contributed by atoms with van der Waals surface area (Å²) in [5.41, 5.74) is 3.35. The molecule has 0 radical (unpaired) electrons. The van der Waals surface area contributed by atoms with Crippen molar-refractivity contribution in [1.29, 1.82) is 0 Å². The summed E-state index contributed by atoms with van der Waals surface area (Å²) in [6, 6.07) is 6.59. The molecule has 1 fully saturated rings. The van der Waals surface area contributed by atoms with Gasteiger partial charge in [0.1, 0.15) is 11.9 Å². The molecule has 1 saturated heterocycles. The van der Waals surface area contributed by atoms with Gasteiger partial charge in [0.2, 0.25) is 5.91 Å². The first-order valence-electron chi connectivity index (χ1n) is 12.9. The summed E-state index contributed by atoms with van der Waals surface area (Å²) in [5, 5.41) is 4.70. The number of rotatable bonds is 4. The number of nitrogens with zero attached hydrogens (tertiary/aromatic N) is 6. The first-order valence-corrected chi connectivity index (χ1v) is 15.0. The van der Waals surface area contributed by atoms with E-state index < -0.39 is 22.0 Å². The molecule has 39 heavy (non-hydrogen) atoms. The number of carbonyl (C=O) groups excluding carboxylic acids is 1. The van der Waals surface area contributed by atoms with Crippen LogP contribution in [0.25, 0.3) is 33.4 Å². The fourth-order valence-electron chi connectivity index (χ4n) is 5.88. The number of fused-ring (bicyclic) bond motifs is 2. The molecular formula is C28H30F2N6O2S. The molecule has 5 heterocycles. The summed E-state index contributed by atoms with van der Waals surface area (Å²) in [5.74, 6) is 5.74. The minimum atomic E-state index is -2.74. The van der Waals surface area contributed by atoms with E-state index in [1.807, 2.05) is 29.7 Å². The molecule has 4 aromatic rings. The van der Waals surface area contributed by atoms with Gasteiger partial charge in [-0.1, -0.05) is 12.1 Å². The Bertz CT molecular complexity index is 1710. The average Bonchev–Trinajstić information content (AvgIpc) is 3.50. The number of hydrogen-bond acceptors (Lipinski definition) is 5. The monoisotopic (exact) mass is 552 g/mol. The number of imidazole rings is 1. The van der Waals surface area contributed by atoms with Gasteiger partial charge in [-0.2, -0.15) is 5.10 Å². The molecule has 0 saturated carbocycles. The SMILES string of the molecule is C=S1(=O)CCC(c2nc(-c3cccc4nc(-c5cnn(C)c5)c(C(F)F)cc34)c3n2[C@H](C)C(=O)N(C)C3)CC1. The van der Waals surface area contributed by atoms with Crippen LogP contribution in [0, 0.1) is 0 Å². The molecule has 11 heteroatoms. The molecule has 2 aliphatic heterocycles. The third kappa shape index (κ3) is 4.32. The lowest BCUT2D eigenvalue weighted by atomic mass is 9.99. The zero-order valence-electron chi connectivity index (χ0n) is 22.1. The van der Waals surface area contributed by atoms with Crippen LogP contribution in [0.1, 0.15) is 55.2 Å². The van der Waals surface area contributed by atoms with Crippen molar-refractivity contribution in [2.45, 2.75) is 44.7 Å². The van der Waals surface area contributed by atoms with E-state index in [4.69, 9.17) is 4.98 Å². The normalized spacial score (nSPS) is 23.5. The molecule has 0 unspecified atom stereocenters. The first kappa shape index (κ1) is 25.7. The predicted octanol–water partition coefficient (Wildman–Crippen LogP) is 4.56. The molecule has 1 aromatic carbocycles. The molecule has 0 aliphatic carbocycles. The summed E-state index contributed by atoms with van der Waals surface area (Å²) in [7, 11) is 1.40. The topological polar surface area (TPSA) is 85.9 Å². The average molecular weight is 553 g/mol. The summed E-state index contributed by atoms with van der Waals surface area (Å²) in [6.45, 7) is 2.22. The van der Waals surface area contributed by atoms with Crippen LogP contribution in [0.3, 0.4) is 0 Å². The fraction of sp³-hybridized carbons (Fsp3) is 0.393. The molecule has 3 aromatic heterocycles. The second-order valence-corrected chi connectivity index (χ2v) is 13.4. The highest BCUT2D eigenvalue weighted by molar-refractivity contribution is 8.00. The van der Waals surface area contributed by atoms with Crippen LogP contribution in [0.2, 0.25) is 0 Å². The minimum absolute atomic E-state index is 0.00912. The van der Waals surface area contributed by atoms with Gasteiger partial charge >= 0.3 is 0 Å². The second kappa shape index (κ2) is 9.25. The number of aryl methyl sites for hydroxylation is 1. The van der Waals surface area contributed by atoms with Crippen LogP contribution in [0.15, 0.2) is 36.7 Å². The van der Waals surface area contributed by atoms with Crippen LogP contribution in [-0.2, 0) is 27.9 Å². The Kier molecular flexibility index (Phi) is 6.09. The van der Waals surface area contributed by atoms with Crippen molar-refractivity contribution in [2.75, 3.05) is 18.6 Å². The maximum atomic E-state index is 14.4. The van der Waals surface area contributed by atoms with E-state index in [-0.39, 0.29) is 23.1 Å². The van der Waals surface area contributed by atoms with Gasteiger partial charge in [0, 0.05) is 59.8 Å². The van der Waals surface area contributed by atoms with Crippen molar-refractivity contribution in [3.63, 3.8) is 0 Å². The lowest BCUT2D eigenvalue weighted by Gasteiger charge is -2.33. The van der Waals surface area contributed by atoms with Gasteiger partial charge < -0.3 is 9.47 Å². The molecule has 0 bridgehead atoms. The third-order valence-electron chi connectivity index (χ3n) is 7.94. The molecule has 8 nitrogen and oxygen atoms in total. The fourth-order valence-corrected chi connectivity index (χ4v) is 7.51. The van der Waals surface area contributed by atoms with Crippen molar-refractivity contribution in [2.24, 2.45) is 7.05 Å². The van der Waals surface area contributed by atoms with Gasteiger partial charge in [-0.15, -0.1) is 0 Å². The molecule has 0 N–H and O–H groups in total. The van der Waals surface area contributed by atoms with E-state index in [1.165, 1.54) is 12.3 Å². The number of aromatic nitrogens is 5. The van der Waals surface area contributed by atoms with E-state index in [1.54, 1.807) is 29.9 Å². The molecule has 0 spiro atoms. The maximum absolute atomic E-state index is 14.4. The lowest BCUT2D eigenvalue weighted by Crippen LogP contribution is -2.40. The highest BCUT2D eigenvalue weighted by atomic mass is 32.2. The lowest BCUT2D eigenvalue weighted by molar-refractivity contribution is -0.135. The van der Waals surface area contributed by atoms with E-state index in [9.17, 15) is 17.8 Å². The number of halogens is 2. The Balaban J connectivity index is 1.56. The van der Waals surface area contributed by atoms with Crippen LogP contribution in [0.4, 0.5) is 8.78 Å². The van der Waals surface area contributed by atoms with Gasteiger partial charge in [-0.3, -0.25) is 13.7 Å². The number of pyridine rings is 1. The maximum Gasteiger partial charge on any atom is 0.265 e. The molecule has 1 amide bonds. The number of benzene rings is 1. The van der Waals surface area contributed by atoms with Gasteiger partial charge in [-0.25, -0.2) is 18.7 Å². The quantitative estimate of drug-likeness (QED) is 0.347. The van der Waals surface area contributed by atoms with Gasteiger partial charge in [0.25, 0.3) is 6.43 Å². The highest BCUT2D eigenvalue weighted by Gasteiger charge is 2.36. The predicted molar refractivity (Wildman–Crippen MR) is 148 cm³/mol. The number of alkyl halides is 2. The van der Waals surface area contributed by atoms with Gasteiger partial charge in [0.15, 0.2) is 0 Å². The minimum Gasteiger partial charge on any atom is -0.338 e. The summed E-state index contributed by atoms with van der Waals surface area (Å²) in [4.78, 5) is 24.4. The van der Waals surface area contributed by atoms with Crippen molar-refractivity contribution < 1.29 is 17.8 Å². The van der Waals surface area contributed by atoms with Crippen LogP contribution >= 0.6 is 0 Å². The Labute approximate surface area is 225 Å². The standard InChI is InChI=1S/C28H30F2N6O2S/c1-16-28(37)34(2)15-23-25(33-27(36(16)23)17-8-10-39(4,38)11-9-17)19-6-5-7-22-20(19)12-21(26(29)30)24(32-22)18-13-31-35(3)14-18/h5-7,12-14,16-17,26H,4,8-11,15H2,1-3H3/t16-,17?,39?/m1/s1. The number of hydrogen-bond donors (Lipinski definition) is 0. The molecule has 204 valence electrons. The Morgan fingerprint density at radius 2 is 1.87 bits per heavy atom. The zero-order chi connectivity index (χ0) is 27.6. The van der Waals surface area contributed by atoms with Gasteiger partial charge in [-0.05, 0) is 47.3 Å². The van der Waals surface area contributed by atoms with Gasteiger partial charge in [0.05, 0.1) is 35.3 Å². The molecule has 6 rings (SSSR count). The largest absolute Gasteiger partial charge is 0.338 e. The Morgan fingerprint density at radius 3 is 2.54 bits per heavy atom. The Morgan fingerprint density at radius 1 is 1.13 bits per heavy atom. The molecule has 2 aliphatic rings. The van der Waals surface area contributed by atoms with E-state index in [2.05, 4.69) is 16.0 Å². The zero-order valence-corrected chi connectivity index (χ0v) is 22.9.